The van der Waals surface area contributed by atoms with Gasteiger partial charge in [-0.05, 0) is 25.8 Å². The second-order valence-electron chi connectivity index (χ2n) is 4.39. The molecule has 3 nitrogen and oxygen atoms in total. The topological polar surface area (TPSA) is 38.7 Å². The second kappa shape index (κ2) is 4.80. The SMILES string of the molecule is COc1ccccc1C(C)(O)C1=COCCC1. The van der Waals surface area contributed by atoms with Crippen molar-refractivity contribution in [3.63, 3.8) is 0 Å². The van der Waals surface area contributed by atoms with Crippen LogP contribution in [0.4, 0.5) is 0 Å². The maximum Gasteiger partial charge on any atom is 0.125 e. The molecule has 1 aromatic carbocycles. The summed E-state index contributed by atoms with van der Waals surface area (Å²) in [5.74, 6) is 0.698. The molecule has 1 aliphatic rings. The predicted molar refractivity (Wildman–Crippen MR) is 65.8 cm³/mol. The van der Waals surface area contributed by atoms with Crippen molar-refractivity contribution < 1.29 is 14.6 Å². The minimum atomic E-state index is -1.03. The van der Waals surface area contributed by atoms with Gasteiger partial charge in [0, 0.05) is 11.1 Å². The minimum Gasteiger partial charge on any atom is -0.501 e. The van der Waals surface area contributed by atoms with Crippen molar-refractivity contribution in [2.75, 3.05) is 13.7 Å². The molecule has 0 bridgehead atoms. The normalized spacial score (nSPS) is 18.9. The molecule has 1 atom stereocenters. The smallest absolute Gasteiger partial charge is 0.125 e. The van der Waals surface area contributed by atoms with Crippen LogP contribution < -0.4 is 4.74 Å². The summed E-state index contributed by atoms with van der Waals surface area (Å²) in [5, 5.41) is 10.7. The molecule has 3 heteroatoms. The molecule has 0 radical (unpaired) electrons. The Morgan fingerprint density at radius 2 is 2.12 bits per heavy atom. The molecule has 2 rings (SSSR count). The summed E-state index contributed by atoms with van der Waals surface area (Å²) >= 11 is 0. The number of aliphatic hydroxyl groups is 1. The van der Waals surface area contributed by atoms with E-state index >= 15 is 0 Å². The molecular formula is C14H18O3. The molecule has 1 unspecified atom stereocenters. The van der Waals surface area contributed by atoms with Crippen LogP contribution in [0.25, 0.3) is 0 Å². The third-order valence-electron chi connectivity index (χ3n) is 3.19. The molecule has 0 saturated carbocycles. The largest absolute Gasteiger partial charge is 0.501 e. The number of para-hydroxylation sites is 1. The molecule has 92 valence electrons. The van der Waals surface area contributed by atoms with Gasteiger partial charge in [-0.3, -0.25) is 0 Å². The zero-order valence-corrected chi connectivity index (χ0v) is 10.3. The maximum absolute atomic E-state index is 10.7. The van der Waals surface area contributed by atoms with Gasteiger partial charge in [-0.1, -0.05) is 18.2 Å². The van der Waals surface area contributed by atoms with E-state index in [0.717, 1.165) is 30.6 Å². The van der Waals surface area contributed by atoms with Gasteiger partial charge in [0.1, 0.15) is 11.4 Å². The summed E-state index contributed by atoms with van der Waals surface area (Å²) in [7, 11) is 1.61. The Balaban J connectivity index is 2.39. The molecule has 0 aliphatic carbocycles. The van der Waals surface area contributed by atoms with Crippen LogP contribution in [0.2, 0.25) is 0 Å². The van der Waals surface area contributed by atoms with Crippen molar-refractivity contribution in [3.05, 3.63) is 41.7 Å². The van der Waals surface area contributed by atoms with E-state index in [9.17, 15) is 5.11 Å². The summed E-state index contributed by atoms with van der Waals surface area (Å²) in [6.45, 7) is 2.51. The van der Waals surface area contributed by atoms with E-state index in [2.05, 4.69) is 0 Å². The minimum absolute atomic E-state index is 0.698. The number of hydrogen-bond acceptors (Lipinski definition) is 3. The first-order valence-corrected chi connectivity index (χ1v) is 5.83. The van der Waals surface area contributed by atoms with Crippen LogP contribution in [0.15, 0.2) is 36.1 Å². The Labute approximate surface area is 102 Å². The number of hydrogen-bond donors (Lipinski definition) is 1. The second-order valence-corrected chi connectivity index (χ2v) is 4.39. The van der Waals surface area contributed by atoms with Crippen LogP contribution in [0.5, 0.6) is 5.75 Å². The summed E-state index contributed by atoms with van der Waals surface area (Å²) < 4.78 is 10.6. The Bertz CT molecular complexity index is 421. The van der Waals surface area contributed by atoms with Crippen LogP contribution in [0.1, 0.15) is 25.3 Å². The Morgan fingerprint density at radius 3 is 2.76 bits per heavy atom. The van der Waals surface area contributed by atoms with Gasteiger partial charge in [0.15, 0.2) is 0 Å². The van der Waals surface area contributed by atoms with E-state index in [1.54, 1.807) is 20.3 Å². The number of ether oxygens (including phenoxy) is 2. The number of methoxy groups -OCH3 is 1. The van der Waals surface area contributed by atoms with Crippen molar-refractivity contribution in [3.8, 4) is 5.75 Å². The molecule has 0 amide bonds. The van der Waals surface area contributed by atoms with Gasteiger partial charge in [-0.2, -0.15) is 0 Å². The lowest BCUT2D eigenvalue weighted by molar-refractivity contribution is 0.0760. The molecule has 1 N–H and O–H groups in total. The van der Waals surface area contributed by atoms with Crippen molar-refractivity contribution in [2.24, 2.45) is 0 Å². The van der Waals surface area contributed by atoms with Gasteiger partial charge < -0.3 is 14.6 Å². The summed E-state index contributed by atoms with van der Waals surface area (Å²) in [6, 6.07) is 7.53. The van der Waals surface area contributed by atoms with Crippen molar-refractivity contribution in [1.29, 1.82) is 0 Å². The highest BCUT2D eigenvalue weighted by molar-refractivity contribution is 5.42. The standard InChI is InChI=1S/C14H18O3/c1-14(15,11-6-5-9-17-10-11)12-7-3-4-8-13(12)16-2/h3-4,7-8,10,15H,5-6,9H2,1-2H3. The molecule has 1 aliphatic heterocycles. The first-order valence-electron chi connectivity index (χ1n) is 5.83. The fourth-order valence-corrected chi connectivity index (χ4v) is 2.14. The van der Waals surface area contributed by atoms with E-state index in [1.165, 1.54) is 0 Å². The highest BCUT2D eigenvalue weighted by Crippen LogP contribution is 2.38. The average Bonchev–Trinajstić information content (AvgIpc) is 2.39. The highest BCUT2D eigenvalue weighted by atomic mass is 16.5. The fraction of sp³-hybridized carbons (Fsp3) is 0.429. The van der Waals surface area contributed by atoms with Gasteiger partial charge in [-0.25, -0.2) is 0 Å². The van der Waals surface area contributed by atoms with E-state index in [1.807, 2.05) is 24.3 Å². The molecule has 0 spiro atoms. The highest BCUT2D eigenvalue weighted by Gasteiger charge is 2.32. The van der Waals surface area contributed by atoms with Gasteiger partial charge in [0.2, 0.25) is 0 Å². The average molecular weight is 234 g/mol. The lowest BCUT2D eigenvalue weighted by atomic mass is 9.85. The first kappa shape index (κ1) is 12.0. The quantitative estimate of drug-likeness (QED) is 0.873. The fourth-order valence-electron chi connectivity index (χ4n) is 2.14. The van der Waals surface area contributed by atoms with E-state index in [4.69, 9.17) is 9.47 Å². The first-order chi connectivity index (χ1) is 8.16. The van der Waals surface area contributed by atoms with Gasteiger partial charge >= 0.3 is 0 Å². The van der Waals surface area contributed by atoms with Crippen LogP contribution in [0.3, 0.4) is 0 Å². The van der Waals surface area contributed by atoms with Gasteiger partial charge in [-0.15, -0.1) is 0 Å². The molecule has 0 aromatic heterocycles. The van der Waals surface area contributed by atoms with Crippen LogP contribution in [-0.2, 0) is 10.3 Å². The molecule has 1 heterocycles. The summed E-state index contributed by atoms with van der Waals surface area (Å²) in [5.41, 5.74) is 0.639. The third-order valence-corrected chi connectivity index (χ3v) is 3.19. The number of rotatable bonds is 3. The van der Waals surface area contributed by atoms with E-state index in [0.29, 0.717) is 5.75 Å². The monoisotopic (exact) mass is 234 g/mol. The molecule has 17 heavy (non-hydrogen) atoms. The molecule has 0 saturated heterocycles. The Morgan fingerprint density at radius 1 is 1.35 bits per heavy atom. The van der Waals surface area contributed by atoms with E-state index in [-0.39, 0.29) is 0 Å². The molecule has 1 aromatic rings. The van der Waals surface area contributed by atoms with Crippen molar-refractivity contribution in [2.45, 2.75) is 25.4 Å². The van der Waals surface area contributed by atoms with Crippen LogP contribution >= 0.6 is 0 Å². The maximum atomic E-state index is 10.7. The third kappa shape index (κ3) is 2.29. The zero-order chi connectivity index (χ0) is 12.3. The Hall–Kier alpha value is -1.48. The zero-order valence-electron chi connectivity index (χ0n) is 10.3. The predicted octanol–water partition coefficient (Wildman–Crippen LogP) is 2.60. The molecular weight excluding hydrogens is 216 g/mol. The van der Waals surface area contributed by atoms with Crippen molar-refractivity contribution in [1.82, 2.24) is 0 Å². The van der Waals surface area contributed by atoms with Crippen LogP contribution in [-0.4, -0.2) is 18.8 Å². The lowest BCUT2D eigenvalue weighted by Gasteiger charge is -2.30. The lowest BCUT2D eigenvalue weighted by Crippen LogP contribution is -2.26. The van der Waals surface area contributed by atoms with Crippen LogP contribution in [0, 0.1) is 0 Å². The van der Waals surface area contributed by atoms with Crippen molar-refractivity contribution >= 4 is 0 Å². The van der Waals surface area contributed by atoms with Gasteiger partial charge in [0.05, 0.1) is 20.0 Å². The van der Waals surface area contributed by atoms with Gasteiger partial charge in [0.25, 0.3) is 0 Å². The summed E-state index contributed by atoms with van der Waals surface area (Å²) in [4.78, 5) is 0. The Kier molecular flexibility index (Phi) is 3.38. The number of benzene rings is 1. The van der Waals surface area contributed by atoms with E-state index < -0.39 is 5.60 Å². The molecule has 0 fully saturated rings. The summed E-state index contributed by atoms with van der Waals surface area (Å²) in [6.07, 6.45) is 3.47.